The second kappa shape index (κ2) is 5.56. The Bertz CT molecular complexity index is 453. The summed E-state index contributed by atoms with van der Waals surface area (Å²) in [6.07, 6.45) is 2.67. The normalized spacial score (nSPS) is 13.7. The molecule has 4 nitrogen and oxygen atoms in total. The van der Waals surface area contributed by atoms with Crippen molar-refractivity contribution in [1.29, 1.82) is 0 Å². The summed E-state index contributed by atoms with van der Waals surface area (Å²) in [4.78, 5) is 3.27. The highest BCUT2D eigenvalue weighted by Crippen LogP contribution is 2.09. The van der Waals surface area contributed by atoms with Gasteiger partial charge in [-0.05, 0) is 12.5 Å². The molecule has 7 heteroatoms. The van der Waals surface area contributed by atoms with E-state index in [1.807, 2.05) is 6.92 Å². The summed E-state index contributed by atoms with van der Waals surface area (Å²) >= 11 is 5.77. The molecule has 0 spiro atoms. The molecule has 0 aromatic carbocycles. The largest absolute Gasteiger partial charge is 0.260 e. The van der Waals surface area contributed by atoms with Gasteiger partial charge in [0.25, 0.3) is 0 Å². The van der Waals surface area contributed by atoms with E-state index in [1.54, 1.807) is 0 Å². The van der Waals surface area contributed by atoms with Crippen molar-refractivity contribution in [2.75, 3.05) is 6.54 Å². The minimum atomic E-state index is -3.72. The quantitative estimate of drug-likeness (QED) is 0.822. The van der Waals surface area contributed by atoms with Crippen LogP contribution in [0.25, 0.3) is 0 Å². The van der Waals surface area contributed by atoms with Crippen molar-refractivity contribution in [3.63, 3.8) is 0 Å². The second-order valence-electron chi connectivity index (χ2n) is 3.20. The van der Waals surface area contributed by atoms with Gasteiger partial charge in [0.05, 0.1) is 6.20 Å². The molecule has 1 N–H and O–H groups in total. The van der Waals surface area contributed by atoms with Crippen LogP contribution in [0.5, 0.6) is 0 Å². The van der Waals surface area contributed by atoms with E-state index in [1.165, 1.54) is 0 Å². The number of nitrogens with zero attached hydrogens (tertiary/aromatic N) is 1. The van der Waals surface area contributed by atoms with Crippen LogP contribution in [-0.2, 0) is 10.0 Å². The molecule has 1 aromatic rings. The van der Waals surface area contributed by atoms with Gasteiger partial charge in [-0.3, -0.25) is 4.98 Å². The van der Waals surface area contributed by atoms with Crippen molar-refractivity contribution in [3.05, 3.63) is 24.3 Å². The van der Waals surface area contributed by atoms with E-state index in [9.17, 15) is 12.8 Å². The van der Waals surface area contributed by atoms with E-state index in [0.717, 1.165) is 18.5 Å². The summed E-state index contributed by atoms with van der Waals surface area (Å²) in [5.41, 5.74) is 0. The third-order valence-corrected chi connectivity index (χ3v) is 3.78. The first-order valence-electron chi connectivity index (χ1n) is 4.70. The molecule has 0 saturated carbocycles. The highest BCUT2D eigenvalue weighted by atomic mass is 35.5. The van der Waals surface area contributed by atoms with Crippen molar-refractivity contribution in [1.82, 2.24) is 9.71 Å². The van der Waals surface area contributed by atoms with E-state index >= 15 is 0 Å². The molecular formula is C9H12ClFN2O2S. The highest BCUT2D eigenvalue weighted by Gasteiger charge is 2.16. The zero-order valence-electron chi connectivity index (χ0n) is 8.65. The standard InChI is InChI=1S/C9H12ClFN2O2S/c1-2-7(10)4-13-16(14,15)9-3-8(11)5-12-6-9/h3,5-7,13H,2,4H2,1H3. The summed E-state index contributed by atoms with van der Waals surface area (Å²) in [6, 6.07) is 0.907. The fourth-order valence-electron chi connectivity index (χ4n) is 0.967. The van der Waals surface area contributed by atoms with Crippen LogP contribution in [0.2, 0.25) is 0 Å². The van der Waals surface area contributed by atoms with Gasteiger partial charge in [0.2, 0.25) is 10.0 Å². The predicted molar refractivity (Wildman–Crippen MR) is 59.3 cm³/mol. The molecule has 90 valence electrons. The van der Waals surface area contributed by atoms with Crippen LogP contribution in [-0.4, -0.2) is 25.3 Å². The number of pyridine rings is 1. The van der Waals surface area contributed by atoms with Crippen molar-refractivity contribution in [3.8, 4) is 0 Å². The molecule has 0 fully saturated rings. The number of nitrogens with one attached hydrogen (secondary N) is 1. The summed E-state index contributed by atoms with van der Waals surface area (Å²) in [5.74, 6) is -0.694. The number of hydrogen-bond acceptors (Lipinski definition) is 3. The van der Waals surface area contributed by atoms with Crippen LogP contribution in [0, 0.1) is 5.82 Å². The Morgan fingerprint density at radius 3 is 2.81 bits per heavy atom. The maximum Gasteiger partial charge on any atom is 0.242 e. The molecule has 0 aliphatic rings. The summed E-state index contributed by atoms with van der Waals surface area (Å²) < 4.78 is 38.3. The Morgan fingerprint density at radius 1 is 1.56 bits per heavy atom. The van der Waals surface area contributed by atoms with Crippen LogP contribution >= 0.6 is 11.6 Å². The monoisotopic (exact) mass is 266 g/mol. The molecular weight excluding hydrogens is 255 g/mol. The van der Waals surface area contributed by atoms with Gasteiger partial charge in [0.1, 0.15) is 10.7 Å². The lowest BCUT2D eigenvalue weighted by Gasteiger charge is -2.09. The predicted octanol–water partition coefficient (Wildman–Crippen LogP) is 1.52. The number of rotatable bonds is 5. The van der Waals surface area contributed by atoms with E-state index < -0.39 is 15.8 Å². The Labute approximate surface area is 98.9 Å². The van der Waals surface area contributed by atoms with Gasteiger partial charge in [-0.15, -0.1) is 11.6 Å². The van der Waals surface area contributed by atoms with Gasteiger partial charge in [0.15, 0.2) is 0 Å². The molecule has 0 amide bonds. The maximum atomic E-state index is 12.8. The summed E-state index contributed by atoms with van der Waals surface area (Å²) in [6.45, 7) is 1.95. The first-order chi connectivity index (χ1) is 7.45. The van der Waals surface area contributed by atoms with Crippen molar-refractivity contribution < 1.29 is 12.8 Å². The minimum Gasteiger partial charge on any atom is -0.260 e. The zero-order valence-corrected chi connectivity index (χ0v) is 10.2. The third-order valence-electron chi connectivity index (χ3n) is 1.93. The van der Waals surface area contributed by atoms with Crippen molar-refractivity contribution in [2.24, 2.45) is 0 Å². The molecule has 0 saturated heterocycles. The van der Waals surface area contributed by atoms with E-state index in [2.05, 4.69) is 9.71 Å². The number of sulfonamides is 1. The van der Waals surface area contributed by atoms with Gasteiger partial charge in [-0.25, -0.2) is 17.5 Å². The van der Waals surface area contributed by atoms with Crippen molar-refractivity contribution in [2.45, 2.75) is 23.6 Å². The molecule has 1 atom stereocenters. The Kier molecular flexibility index (Phi) is 4.64. The van der Waals surface area contributed by atoms with Crippen molar-refractivity contribution >= 4 is 21.6 Å². The van der Waals surface area contributed by atoms with E-state index in [0.29, 0.717) is 6.42 Å². The molecule has 0 radical (unpaired) electrons. The molecule has 1 rings (SSSR count). The van der Waals surface area contributed by atoms with Gasteiger partial charge >= 0.3 is 0 Å². The molecule has 1 heterocycles. The summed E-state index contributed by atoms with van der Waals surface area (Å²) in [5, 5.41) is -0.281. The van der Waals surface area contributed by atoms with E-state index in [4.69, 9.17) is 11.6 Å². The lowest BCUT2D eigenvalue weighted by atomic mass is 10.3. The highest BCUT2D eigenvalue weighted by molar-refractivity contribution is 7.89. The average Bonchev–Trinajstić information content (AvgIpc) is 2.26. The SMILES string of the molecule is CCC(Cl)CNS(=O)(=O)c1cncc(F)c1. The molecule has 16 heavy (non-hydrogen) atoms. The summed E-state index contributed by atoms with van der Waals surface area (Å²) in [7, 11) is -3.72. The van der Waals surface area contributed by atoms with Crippen LogP contribution in [0.4, 0.5) is 4.39 Å². The van der Waals surface area contributed by atoms with Crippen LogP contribution in [0.1, 0.15) is 13.3 Å². The van der Waals surface area contributed by atoms with Gasteiger partial charge in [-0.2, -0.15) is 0 Å². The first-order valence-corrected chi connectivity index (χ1v) is 6.62. The molecule has 1 aromatic heterocycles. The Hall–Kier alpha value is -0.720. The zero-order chi connectivity index (χ0) is 12.2. The Morgan fingerprint density at radius 2 is 2.25 bits per heavy atom. The second-order valence-corrected chi connectivity index (χ2v) is 5.58. The number of aromatic nitrogens is 1. The van der Waals surface area contributed by atoms with Crippen LogP contribution < -0.4 is 4.72 Å². The smallest absolute Gasteiger partial charge is 0.242 e. The first kappa shape index (κ1) is 13.3. The molecule has 0 bridgehead atoms. The lowest BCUT2D eigenvalue weighted by Crippen LogP contribution is -2.29. The fourth-order valence-corrected chi connectivity index (χ4v) is 2.19. The molecule has 0 aliphatic carbocycles. The van der Waals surface area contributed by atoms with Crippen LogP contribution in [0.3, 0.4) is 0 Å². The molecule has 0 aliphatic heterocycles. The van der Waals surface area contributed by atoms with Gasteiger partial charge in [-0.1, -0.05) is 6.92 Å². The topological polar surface area (TPSA) is 59.1 Å². The lowest BCUT2D eigenvalue weighted by molar-refractivity contribution is 0.573. The minimum absolute atomic E-state index is 0.108. The third kappa shape index (κ3) is 3.70. The number of alkyl halides is 1. The molecule has 1 unspecified atom stereocenters. The Balaban J connectivity index is 2.78. The van der Waals surface area contributed by atoms with E-state index in [-0.39, 0.29) is 16.8 Å². The fraction of sp³-hybridized carbons (Fsp3) is 0.444. The van der Waals surface area contributed by atoms with Gasteiger partial charge < -0.3 is 0 Å². The maximum absolute atomic E-state index is 12.8. The van der Waals surface area contributed by atoms with Gasteiger partial charge in [0, 0.05) is 18.1 Å². The number of halogens is 2. The number of hydrogen-bond donors (Lipinski definition) is 1. The average molecular weight is 267 g/mol. The van der Waals surface area contributed by atoms with Crippen LogP contribution in [0.15, 0.2) is 23.4 Å².